The van der Waals surface area contributed by atoms with Gasteiger partial charge in [0.2, 0.25) is 0 Å². The van der Waals surface area contributed by atoms with Gasteiger partial charge < -0.3 is 5.73 Å². The Kier molecular flexibility index (Phi) is 4.67. The molecule has 0 aromatic heterocycles. The van der Waals surface area contributed by atoms with Crippen molar-refractivity contribution in [3.8, 4) is 0 Å². The fourth-order valence-electron chi connectivity index (χ4n) is 0.983. The molecule has 0 aliphatic heterocycles. The molecule has 0 atom stereocenters. The Morgan fingerprint density at radius 3 is 2.67 bits per heavy atom. The Hall–Kier alpha value is -2.09. The molecule has 15 heavy (non-hydrogen) atoms. The molecule has 0 saturated carbocycles. The maximum Gasteiger partial charge on any atom is 0.123 e. The molecule has 0 bridgehead atoms. The van der Waals surface area contributed by atoms with E-state index in [0.29, 0.717) is 5.84 Å². The van der Waals surface area contributed by atoms with E-state index in [9.17, 15) is 0 Å². The van der Waals surface area contributed by atoms with Crippen LogP contribution in [0.2, 0.25) is 0 Å². The predicted molar refractivity (Wildman–Crippen MR) is 66.4 cm³/mol. The monoisotopic (exact) mass is 198 g/mol. The van der Waals surface area contributed by atoms with Crippen LogP contribution in [0.4, 0.5) is 0 Å². The van der Waals surface area contributed by atoms with Gasteiger partial charge in [0.15, 0.2) is 0 Å². The van der Waals surface area contributed by atoms with E-state index >= 15 is 0 Å². The van der Waals surface area contributed by atoms with Crippen molar-refractivity contribution in [2.75, 3.05) is 0 Å². The van der Waals surface area contributed by atoms with Crippen molar-refractivity contribution >= 4 is 11.9 Å². The van der Waals surface area contributed by atoms with Gasteiger partial charge in [-0.3, -0.25) is 0 Å². The van der Waals surface area contributed by atoms with Crippen LogP contribution in [0.1, 0.15) is 5.56 Å². The van der Waals surface area contributed by atoms with E-state index < -0.39 is 0 Å². The minimum Gasteiger partial charge on any atom is -0.384 e. The van der Waals surface area contributed by atoms with Crippen LogP contribution in [0.5, 0.6) is 0 Å². The minimum absolute atomic E-state index is 0.460. The fourth-order valence-corrected chi connectivity index (χ4v) is 0.983. The maximum atomic E-state index is 5.59. The van der Waals surface area contributed by atoms with Gasteiger partial charge in [-0.05, 0) is 17.7 Å². The molecule has 0 amide bonds. The molecule has 0 aliphatic rings. The fraction of sp³-hybridized carbons (Fsp3) is 0. The normalized spacial score (nSPS) is 12.4. The molecule has 2 nitrogen and oxygen atoms in total. The second-order valence-electron chi connectivity index (χ2n) is 2.88. The van der Waals surface area contributed by atoms with Crippen molar-refractivity contribution in [2.45, 2.75) is 0 Å². The second-order valence-corrected chi connectivity index (χ2v) is 2.88. The zero-order valence-electron chi connectivity index (χ0n) is 8.51. The van der Waals surface area contributed by atoms with E-state index in [0.717, 1.165) is 5.56 Å². The molecule has 0 unspecified atom stereocenters. The lowest BCUT2D eigenvalue weighted by atomic mass is 10.2. The summed E-state index contributed by atoms with van der Waals surface area (Å²) in [6.07, 6.45) is 8.67. The summed E-state index contributed by atoms with van der Waals surface area (Å²) in [5, 5.41) is 0. The second kappa shape index (κ2) is 6.38. The number of hydrogen-bond acceptors (Lipinski definition) is 1. The summed E-state index contributed by atoms with van der Waals surface area (Å²) in [4.78, 5) is 4.04. The minimum atomic E-state index is 0.460. The van der Waals surface area contributed by atoms with E-state index in [1.807, 2.05) is 36.4 Å². The molecule has 0 saturated heterocycles. The molecular formula is C13H14N2. The largest absolute Gasteiger partial charge is 0.384 e. The van der Waals surface area contributed by atoms with Gasteiger partial charge in [-0.15, -0.1) is 0 Å². The molecule has 1 aromatic rings. The highest BCUT2D eigenvalue weighted by Gasteiger charge is 1.82. The van der Waals surface area contributed by atoms with Gasteiger partial charge in [-0.25, -0.2) is 4.99 Å². The maximum absolute atomic E-state index is 5.59. The summed E-state index contributed by atoms with van der Waals surface area (Å²) in [6.45, 7) is 3.55. The summed E-state index contributed by atoms with van der Waals surface area (Å²) >= 11 is 0. The van der Waals surface area contributed by atoms with E-state index in [-0.39, 0.29) is 0 Å². The van der Waals surface area contributed by atoms with Crippen LogP contribution in [0.15, 0.2) is 66.3 Å². The summed E-state index contributed by atoms with van der Waals surface area (Å²) < 4.78 is 0. The molecule has 0 spiro atoms. The van der Waals surface area contributed by atoms with Crippen LogP contribution in [-0.2, 0) is 0 Å². The predicted octanol–water partition coefficient (Wildman–Crippen LogP) is 2.76. The number of nitrogens with two attached hydrogens (primary N) is 1. The van der Waals surface area contributed by atoms with Crippen LogP contribution >= 0.6 is 0 Å². The number of rotatable bonds is 4. The summed E-state index contributed by atoms with van der Waals surface area (Å²) in [7, 11) is 0. The van der Waals surface area contributed by atoms with Gasteiger partial charge in [0.25, 0.3) is 0 Å². The molecule has 0 aliphatic carbocycles. The Morgan fingerprint density at radius 2 is 2.00 bits per heavy atom. The van der Waals surface area contributed by atoms with Crippen molar-refractivity contribution in [3.63, 3.8) is 0 Å². The first-order valence-electron chi connectivity index (χ1n) is 4.67. The number of amidine groups is 1. The highest BCUT2D eigenvalue weighted by molar-refractivity contribution is 5.92. The average Bonchev–Trinajstić information content (AvgIpc) is 2.28. The zero-order valence-corrected chi connectivity index (χ0v) is 8.51. The smallest absolute Gasteiger partial charge is 0.123 e. The van der Waals surface area contributed by atoms with Crippen molar-refractivity contribution in [2.24, 2.45) is 10.7 Å². The zero-order chi connectivity index (χ0) is 10.9. The number of allylic oxidation sites excluding steroid dienone is 2. The summed E-state index contributed by atoms with van der Waals surface area (Å²) in [5.41, 5.74) is 6.69. The first-order valence-corrected chi connectivity index (χ1v) is 4.67. The topological polar surface area (TPSA) is 38.4 Å². The number of aliphatic imine (C=N–C) groups is 1. The first kappa shape index (κ1) is 11.0. The molecule has 1 rings (SSSR count). The van der Waals surface area contributed by atoms with Gasteiger partial charge in [0.05, 0.1) is 0 Å². The summed E-state index contributed by atoms with van der Waals surface area (Å²) in [5.74, 6) is 0.460. The molecule has 76 valence electrons. The van der Waals surface area contributed by atoms with Gasteiger partial charge in [-0.2, -0.15) is 0 Å². The van der Waals surface area contributed by atoms with Crippen molar-refractivity contribution in [3.05, 3.63) is 66.9 Å². The standard InChI is InChI=1S/C13H14N2/c1-2-3-9-13(14)15-11-10-12-7-5-4-6-8-12/h2-11H,1H2,(H2,14,15)/b9-3-,11-10+. The van der Waals surface area contributed by atoms with Gasteiger partial charge in [-0.1, -0.05) is 49.1 Å². The van der Waals surface area contributed by atoms with Gasteiger partial charge in [0, 0.05) is 6.20 Å². The third-order valence-corrected chi connectivity index (χ3v) is 1.69. The van der Waals surface area contributed by atoms with Gasteiger partial charge in [0.1, 0.15) is 5.84 Å². The first-order chi connectivity index (χ1) is 7.33. The lowest BCUT2D eigenvalue weighted by Crippen LogP contribution is -2.05. The van der Waals surface area contributed by atoms with Crippen molar-refractivity contribution < 1.29 is 0 Å². The van der Waals surface area contributed by atoms with Crippen LogP contribution in [-0.4, -0.2) is 5.84 Å². The molecule has 0 heterocycles. The third kappa shape index (κ3) is 4.62. The molecule has 1 aromatic carbocycles. The lowest BCUT2D eigenvalue weighted by molar-refractivity contribution is 1.52. The molecule has 2 N–H and O–H groups in total. The van der Waals surface area contributed by atoms with E-state index in [1.165, 1.54) is 0 Å². The Balaban J connectivity index is 2.59. The van der Waals surface area contributed by atoms with Crippen LogP contribution in [0, 0.1) is 0 Å². The Labute approximate surface area is 90.2 Å². The van der Waals surface area contributed by atoms with Gasteiger partial charge >= 0.3 is 0 Å². The van der Waals surface area contributed by atoms with Crippen LogP contribution < -0.4 is 5.73 Å². The third-order valence-electron chi connectivity index (χ3n) is 1.69. The molecular weight excluding hydrogens is 184 g/mol. The Bertz CT molecular complexity index is 386. The van der Waals surface area contributed by atoms with E-state index in [1.54, 1.807) is 24.4 Å². The SMILES string of the molecule is C=C\C=C/C(N)=N\C=C\c1ccccc1. The van der Waals surface area contributed by atoms with Crippen LogP contribution in [0.25, 0.3) is 6.08 Å². The quantitative estimate of drug-likeness (QED) is 0.451. The van der Waals surface area contributed by atoms with Crippen molar-refractivity contribution in [1.29, 1.82) is 0 Å². The van der Waals surface area contributed by atoms with E-state index in [2.05, 4.69) is 11.6 Å². The van der Waals surface area contributed by atoms with Crippen molar-refractivity contribution in [1.82, 2.24) is 0 Å². The molecule has 0 fully saturated rings. The van der Waals surface area contributed by atoms with E-state index in [4.69, 9.17) is 5.73 Å². The average molecular weight is 198 g/mol. The molecule has 2 heteroatoms. The Morgan fingerprint density at radius 1 is 1.27 bits per heavy atom. The molecule has 0 radical (unpaired) electrons. The number of benzene rings is 1. The number of nitrogens with zero attached hydrogens (tertiary/aromatic N) is 1. The summed E-state index contributed by atoms with van der Waals surface area (Å²) in [6, 6.07) is 9.93. The lowest BCUT2D eigenvalue weighted by Gasteiger charge is -1.89. The highest BCUT2D eigenvalue weighted by Crippen LogP contribution is 2.00. The highest BCUT2D eigenvalue weighted by atomic mass is 14.8. The van der Waals surface area contributed by atoms with Crippen LogP contribution in [0.3, 0.4) is 0 Å². The number of hydrogen-bond donors (Lipinski definition) is 1.